The number of hydrogen-bond acceptors (Lipinski definition) is 0. The summed E-state index contributed by atoms with van der Waals surface area (Å²) in [5.41, 5.74) is 0.961. The van der Waals surface area contributed by atoms with Crippen molar-refractivity contribution in [2.24, 2.45) is 17.3 Å². The molecule has 0 radical (unpaired) electrons. The second-order valence-corrected chi connectivity index (χ2v) is 4.45. The molecule has 0 heterocycles. The number of rotatable bonds is 0. The van der Waals surface area contributed by atoms with Gasteiger partial charge in [0.1, 0.15) is 0 Å². The lowest BCUT2D eigenvalue weighted by Gasteiger charge is -2.16. The normalized spacial score (nSPS) is 61.3. The van der Waals surface area contributed by atoms with Crippen molar-refractivity contribution in [1.82, 2.24) is 0 Å². The summed E-state index contributed by atoms with van der Waals surface area (Å²) in [6.45, 7) is 0. The number of hydrogen-bond donors (Lipinski definition) is 0. The maximum absolute atomic E-state index is 1.62. The molecule has 0 aliphatic heterocycles. The van der Waals surface area contributed by atoms with Crippen molar-refractivity contribution >= 4 is 0 Å². The highest BCUT2D eigenvalue weighted by atomic mass is 14.6. The first-order valence-electron chi connectivity index (χ1n) is 4.39. The van der Waals surface area contributed by atoms with Gasteiger partial charge in [0.15, 0.2) is 0 Å². The van der Waals surface area contributed by atoms with Gasteiger partial charge < -0.3 is 0 Å². The van der Waals surface area contributed by atoms with Crippen LogP contribution in [0, 0.1) is 17.3 Å². The van der Waals surface area contributed by atoms with E-state index in [1.165, 1.54) is 11.8 Å². The second-order valence-electron chi connectivity index (χ2n) is 4.45. The Morgan fingerprint density at radius 1 is 1.00 bits per heavy atom. The van der Waals surface area contributed by atoms with Crippen molar-refractivity contribution < 1.29 is 0 Å². The van der Waals surface area contributed by atoms with Crippen LogP contribution >= 0.6 is 0 Å². The van der Waals surface area contributed by atoms with E-state index in [1.54, 1.807) is 38.5 Å². The van der Waals surface area contributed by atoms with E-state index in [0.717, 1.165) is 5.41 Å². The third-order valence-corrected chi connectivity index (χ3v) is 4.03. The second kappa shape index (κ2) is 1.21. The van der Waals surface area contributed by atoms with E-state index in [-0.39, 0.29) is 0 Å². The Morgan fingerprint density at radius 2 is 2.00 bits per heavy atom. The van der Waals surface area contributed by atoms with Gasteiger partial charge in [-0.25, -0.2) is 0 Å². The van der Waals surface area contributed by atoms with Gasteiger partial charge in [-0.2, -0.15) is 0 Å². The maximum atomic E-state index is 1.62. The molecule has 2 bridgehead atoms. The molecule has 0 saturated heterocycles. The molecule has 3 atom stereocenters. The van der Waals surface area contributed by atoms with Crippen molar-refractivity contribution in [3.05, 3.63) is 0 Å². The predicted octanol–water partition coefficient (Wildman–Crippen LogP) is 2.59. The van der Waals surface area contributed by atoms with E-state index in [4.69, 9.17) is 0 Å². The quantitative estimate of drug-likeness (QED) is 0.463. The topological polar surface area (TPSA) is 0 Å². The van der Waals surface area contributed by atoms with Crippen LogP contribution in [0.4, 0.5) is 0 Å². The zero-order valence-electron chi connectivity index (χ0n) is 5.90. The summed E-state index contributed by atoms with van der Waals surface area (Å²) in [5, 5.41) is 0. The van der Waals surface area contributed by atoms with Crippen LogP contribution in [0.3, 0.4) is 0 Å². The van der Waals surface area contributed by atoms with Gasteiger partial charge in [0.25, 0.3) is 0 Å². The largest absolute Gasteiger partial charge is 0.0501 e. The summed E-state index contributed by atoms with van der Waals surface area (Å²) in [6, 6.07) is 0. The zero-order chi connectivity index (χ0) is 5.90. The minimum Gasteiger partial charge on any atom is -0.0501 e. The van der Waals surface area contributed by atoms with E-state index in [9.17, 15) is 0 Å². The molecule has 0 aromatic rings. The van der Waals surface area contributed by atoms with E-state index in [2.05, 4.69) is 0 Å². The number of fused-ring (bicyclic) bond motifs is 1. The third kappa shape index (κ3) is 0.461. The summed E-state index contributed by atoms with van der Waals surface area (Å²) >= 11 is 0. The zero-order valence-corrected chi connectivity index (χ0v) is 5.90. The van der Waals surface area contributed by atoms with Crippen LogP contribution in [0.2, 0.25) is 0 Å². The molecule has 0 amide bonds. The van der Waals surface area contributed by atoms with E-state index >= 15 is 0 Å². The van der Waals surface area contributed by atoms with Gasteiger partial charge in [0.05, 0.1) is 0 Å². The van der Waals surface area contributed by atoms with Gasteiger partial charge in [-0.3, -0.25) is 0 Å². The Balaban J connectivity index is 1.97. The summed E-state index contributed by atoms with van der Waals surface area (Å²) in [4.78, 5) is 0. The molecule has 3 rings (SSSR count). The smallest absolute Gasteiger partial charge is 0.0263 e. The Morgan fingerprint density at radius 3 is 2.89 bits per heavy atom. The molecular formula is C9H14. The minimum absolute atomic E-state index is 0.961. The van der Waals surface area contributed by atoms with Crippen LogP contribution in [0.15, 0.2) is 0 Å². The Hall–Kier alpha value is 0. The SMILES string of the molecule is C1CC2CC23CCC1C3. The summed E-state index contributed by atoms with van der Waals surface area (Å²) in [5.74, 6) is 2.38. The summed E-state index contributed by atoms with van der Waals surface area (Å²) < 4.78 is 0. The molecule has 3 aliphatic rings. The van der Waals surface area contributed by atoms with E-state index < -0.39 is 0 Å². The first-order valence-corrected chi connectivity index (χ1v) is 4.39. The summed E-state index contributed by atoms with van der Waals surface area (Å²) in [6.07, 6.45) is 9.58. The van der Waals surface area contributed by atoms with Crippen LogP contribution in [-0.2, 0) is 0 Å². The van der Waals surface area contributed by atoms with Gasteiger partial charge in [-0.1, -0.05) is 6.42 Å². The Bertz CT molecular complexity index is 142. The van der Waals surface area contributed by atoms with Crippen molar-refractivity contribution in [3.8, 4) is 0 Å². The first kappa shape index (κ1) is 4.76. The fraction of sp³-hybridized carbons (Fsp3) is 1.00. The molecule has 3 saturated carbocycles. The molecule has 3 aliphatic carbocycles. The Labute approximate surface area is 56.6 Å². The van der Waals surface area contributed by atoms with Gasteiger partial charge in [0.2, 0.25) is 0 Å². The highest BCUT2D eigenvalue weighted by molar-refractivity contribution is 5.09. The van der Waals surface area contributed by atoms with Crippen molar-refractivity contribution in [2.45, 2.75) is 38.5 Å². The molecule has 0 N–H and O–H groups in total. The molecule has 0 nitrogen and oxygen atoms in total. The van der Waals surface area contributed by atoms with Crippen LogP contribution in [-0.4, -0.2) is 0 Å². The Kier molecular flexibility index (Phi) is 0.640. The average molecular weight is 122 g/mol. The van der Waals surface area contributed by atoms with Crippen molar-refractivity contribution in [2.75, 3.05) is 0 Å². The minimum atomic E-state index is 0.961. The van der Waals surface area contributed by atoms with Gasteiger partial charge >= 0.3 is 0 Å². The highest BCUT2D eigenvalue weighted by Crippen LogP contribution is 2.69. The van der Waals surface area contributed by atoms with Gasteiger partial charge in [0, 0.05) is 0 Å². The van der Waals surface area contributed by atoms with E-state index in [0.29, 0.717) is 0 Å². The maximum Gasteiger partial charge on any atom is -0.0263 e. The van der Waals surface area contributed by atoms with Crippen LogP contribution in [0.25, 0.3) is 0 Å². The van der Waals surface area contributed by atoms with Crippen LogP contribution in [0.5, 0.6) is 0 Å². The molecule has 50 valence electrons. The third-order valence-electron chi connectivity index (χ3n) is 4.03. The van der Waals surface area contributed by atoms with Gasteiger partial charge in [-0.05, 0) is 49.4 Å². The fourth-order valence-corrected chi connectivity index (χ4v) is 3.35. The molecule has 3 unspecified atom stereocenters. The fourth-order valence-electron chi connectivity index (χ4n) is 3.35. The lowest BCUT2D eigenvalue weighted by Crippen LogP contribution is -2.05. The van der Waals surface area contributed by atoms with Crippen LogP contribution in [0.1, 0.15) is 38.5 Å². The predicted molar refractivity (Wildman–Crippen MR) is 37.1 cm³/mol. The van der Waals surface area contributed by atoms with Crippen LogP contribution < -0.4 is 0 Å². The highest BCUT2D eigenvalue weighted by Gasteiger charge is 2.59. The lowest BCUT2D eigenvalue weighted by molar-refractivity contribution is 0.345. The summed E-state index contributed by atoms with van der Waals surface area (Å²) in [7, 11) is 0. The molecule has 0 aromatic heterocycles. The molecule has 9 heavy (non-hydrogen) atoms. The van der Waals surface area contributed by atoms with Crippen molar-refractivity contribution in [1.29, 1.82) is 0 Å². The molecular weight excluding hydrogens is 108 g/mol. The first-order chi connectivity index (χ1) is 4.39. The molecule has 3 fully saturated rings. The monoisotopic (exact) mass is 122 g/mol. The molecule has 0 heteroatoms. The molecule has 1 spiro atoms. The molecule has 0 aromatic carbocycles. The van der Waals surface area contributed by atoms with E-state index in [1.807, 2.05) is 0 Å². The van der Waals surface area contributed by atoms with Crippen molar-refractivity contribution in [3.63, 3.8) is 0 Å². The average Bonchev–Trinajstić information content (AvgIpc) is 2.44. The lowest BCUT2D eigenvalue weighted by atomic mass is 9.89. The van der Waals surface area contributed by atoms with Gasteiger partial charge in [-0.15, -0.1) is 0 Å². The standard InChI is InChI=1S/C9H14/c1-2-8-6-9(8)4-3-7(1)5-9/h7-8H,1-6H2.